The maximum Gasteiger partial charge on any atom is 0.328 e. The molecule has 0 spiro atoms. The van der Waals surface area contributed by atoms with E-state index in [0.717, 1.165) is 11.8 Å². The average Bonchev–Trinajstić information content (AvgIpc) is 3.21. The second kappa shape index (κ2) is 8.59. The lowest BCUT2D eigenvalue weighted by Gasteiger charge is -2.36. The van der Waals surface area contributed by atoms with Gasteiger partial charge in [-0.15, -0.1) is 0 Å². The van der Waals surface area contributed by atoms with Gasteiger partial charge in [0.1, 0.15) is 12.1 Å². The van der Waals surface area contributed by atoms with E-state index in [-0.39, 0.29) is 18.0 Å². The monoisotopic (exact) mass is 406 g/mol. The molecule has 1 aromatic carbocycles. The molecule has 0 saturated heterocycles. The predicted molar refractivity (Wildman–Crippen MR) is 101 cm³/mol. The van der Waals surface area contributed by atoms with Crippen molar-refractivity contribution >= 4 is 12.0 Å². The summed E-state index contributed by atoms with van der Waals surface area (Å²) in [5.74, 6) is -2.75. The first-order valence-corrected chi connectivity index (χ1v) is 9.50. The van der Waals surface area contributed by atoms with Gasteiger partial charge in [-0.2, -0.15) is 0 Å². The van der Waals surface area contributed by atoms with Gasteiger partial charge < -0.3 is 19.9 Å². The molecule has 1 aliphatic rings. The Balaban J connectivity index is 1.97. The molecule has 0 bridgehead atoms. The number of rotatable bonds is 5. The number of amides is 2. The van der Waals surface area contributed by atoms with E-state index in [9.17, 15) is 18.4 Å². The Labute approximate surface area is 167 Å². The topological polar surface area (TPSA) is 87.3 Å². The summed E-state index contributed by atoms with van der Waals surface area (Å²) >= 11 is 0. The van der Waals surface area contributed by atoms with Gasteiger partial charge in [0.25, 0.3) is 0 Å². The highest BCUT2D eigenvalue weighted by Gasteiger charge is 2.38. The summed E-state index contributed by atoms with van der Waals surface area (Å²) in [6, 6.07) is 1.50. The lowest BCUT2D eigenvalue weighted by molar-refractivity contribution is -0.144. The maximum absolute atomic E-state index is 14.6. The second-order valence-corrected chi connectivity index (χ2v) is 7.09. The number of nitrogens with one attached hydrogen (secondary N) is 2. The molecule has 7 nitrogen and oxygen atoms in total. The summed E-state index contributed by atoms with van der Waals surface area (Å²) in [6.45, 7) is 3.97. The largest absolute Gasteiger partial charge is 0.467 e. The molecule has 3 atom stereocenters. The number of ether oxygens (including phenoxy) is 1. The van der Waals surface area contributed by atoms with Crippen molar-refractivity contribution in [1.82, 2.24) is 20.2 Å². The van der Waals surface area contributed by atoms with Crippen molar-refractivity contribution in [3.63, 3.8) is 0 Å². The minimum atomic E-state index is -1.03. The number of urea groups is 1. The van der Waals surface area contributed by atoms with Crippen LogP contribution in [0.2, 0.25) is 0 Å². The number of carbonyl (C=O) groups is 2. The molecule has 2 N–H and O–H groups in total. The first-order chi connectivity index (χ1) is 13.9. The van der Waals surface area contributed by atoms with E-state index in [0.29, 0.717) is 18.5 Å². The summed E-state index contributed by atoms with van der Waals surface area (Å²) in [4.78, 5) is 33.9. The van der Waals surface area contributed by atoms with Gasteiger partial charge in [-0.1, -0.05) is 32.4 Å². The van der Waals surface area contributed by atoms with E-state index >= 15 is 0 Å². The molecule has 0 aliphatic carbocycles. The summed E-state index contributed by atoms with van der Waals surface area (Å²) in [5, 5.41) is 2.70. The summed E-state index contributed by atoms with van der Waals surface area (Å²) in [5.41, 5.74) is 1.22. The highest BCUT2D eigenvalue weighted by atomic mass is 19.2. The quantitative estimate of drug-likeness (QED) is 0.748. The zero-order valence-corrected chi connectivity index (χ0v) is 16.5. The molecule has 9 heteroatoms. The molecule has 1 aliphatic heterocycles. The fourth-order valence-electron chi connectivity index (χ4n) is 3.55. The lowest BCUT2D eigenvalue weighted by Crippen LogP contribution is -2.53. The Hall–Kier alpha value is -2.97. The second-order valence-electron chi connectivity index (χ2n) is 7.09. The van der Waals surface area contributed by atoms with Crippen LogP contribution in [0.3, 0.4) is 0 Å². The number of hydrogen-bond acceptors (Lipinski definition) is 4. The van der Waals surface area contributed by atoms with Gasteiger partial charge >= 0.3 is 12.0 Å². The number of aromatic nitrogens is 2. The van der Waals surface area contributed by atoms with Crippen LogP contribution in [0, 0.1) is 17.6 Å². The van der Waals surface area contributed by atoms with Gasteiger partial charge in [0, 0.05) is 24.2 Å². The Kier molecular flexibility index (Phi) is 6.14. The van der Waals surface area contributed by atoms with Crippen LogP contribution in [0.1, 0.15) is 43.3 Å². The van der Waals surface area contributed by atoms with Gasteiger partial charge in [-0.05, 0) is 12.0 Å². The third-order valence-corrected chi connectivity index (χ3v) is 5.41. The Morgan fingerprint density at radius 1 is 1.41 bits per heavy atom. The SMILES string of the molecule is CC[C@@H](C)[C@H](NC(=O)N1CCc2[nH]cnc2[C@H]1c1cccc(F)c1F)C(=O)OC. The molecule has 2 aromatic rings. The summed E-state index contributed by atoms with van der Waals surface area (Å²) in [6.07, 6.45) is 2.58. The van der Waals surface area contributed by atoms with Crippen LogP contribution in [-0.2, 0) is 16.0 Å². The number of halogens is 2. The van der Waals surface area contributed by atoms with Crippen LogP contribution in [0.4, 0.5) is 13.6 Å². The highest BCUT2D eigenvalue weighted by molar-refractivity contribution is 5.84. The zero-order valence-electron chi connectivity index (χ0n) is 16.5. The fourth-order valence-corrected chi connectivity index (χ4v) is 3.55. The Morgan fingerprint density at radius 3 is 2.86 bits per heavy atom. The molecule has 29 heavy (non-hydrogen) atoms. The van der Waals surface area contributed by atoms with E-state index in [4.69, 9.17) is 4.74 Å². The number of aromatic amines is 1. The third-order valence-electron chi connectivity index (χ3n) is 5.41. The van der Waals surface area contributed by atoms with Crippen LogP contribution in [0.25, 0.3) is 0 Å². The van der Waals surface area contributed by atoms with Crippen molar-refractivity contribution in [3.8, 4) is 0 Å². The highest BCUT2D eigenvalue weighted by Crippen LogP contribution is 2.35. The molecule has 1 aromatic heterocycles. The number of benzene rings is 1. The van der Waals surface area contributed by atoms with E-state index in [1.165, 1.54) is 30.5 Å². The molecule has 0 radical (unpaired) electrons. The van der Waals surface area contributed by atoms with E-state index in [1.807, 2.05) is 13.8 Å². The van der Waals surface area contributed by atoms with Crippen LogP contribution >= 0.6 is 0 Å². The Morgan fingerprint density at radius 2 is 2.17 bits per heavy atom. The first-order valence-electron chi connectivity index (χ1n) is 9.50. The van der Waals surface area contributed by atoms with E-state index < -0.39 is 35.7 Å². The van der Waals surface area contributed by atoms with Crippen molar-refractivity contribution in [2.75, 3.05) is 13.7 Å². The average molecular weight is 406 g/mol. The van der Waals surface area contributed by atoms with Crippen molar-refractivity contribution in [2.24, 2.45) is 5.92 Å². The molecule has 2 heterocycles. The molecule has 156 valence electrons. The normalized spacial score (nSPS) is 18.0. The van der Waals surface area contributed by atoms with Gasteiger partial charge in [0.2, 0.25) is 0 Å². The van der Waals surface area contributed by atoms with Crippen molar-refractivity contribution in [1.29, 1.82) is 0 Å². The zero-order chi connectivity index (χ0) is 21.1. The molecular formula is C20H24F2N4O3. The van der Waals surface area contributed by atoms with Crippen molar-refractivity contribution < 1.29 is 23.1 Å². The third kappa shape index (κ3) is 3.94. The molecule has 3 rings (SSSR count). The number of fused-ring (bicyclic) bond motifs is 1. The van der Waals surface area contributed by atoms with Gasteiger partial charge in [-0.25, -0.2) is 23.4 Å². The summed E-state index contributed by atoms with van der Waals surface area (Å²) < 4.78 is 33.3. The van der Waals surface area contributed by atoms with Crippen LogP contribution in [0.5, 0.6) is 0 Å². The van der Waals surface area contributed by atoms with Crippen LogP contribution in [0.15, 0.2) is 24.5 Å². The number of methoxy groups -OCH3 is 1. The van der Waals surface area contributed by atoms with Crippen LogP contribution < -0.4 is 5.32 Å². The number of imidazole rings is 1. The number of nitrogens with zero attached hydrogens (tertiary/aromatic N) is 2. The smallest absolute Gasteiger partial charge is 0.328 e. The molecule has 0 saturated carbocycles. The molecular weight excluding hydrogens is 382 g/mol. The van der Waals surface area contributed by atoms with Gasteiger partial charge in [0.15, 0.2) is 11.6 Å². The predicted octanol–water partition coefficient (Wildman–Crippen LogP) is 2.93. The van der Waals surface area contributed by atoms with Crippen LogP contribution in [-0.4, -0.2) is 46.6 Å². The fraction of sp³-hybridized carbons (Fsp3) is 0.450. The molecule has 0 unspecified atom stereocenters. The van der Waals surface area contributed by atoms with Crippen molar-refractivity contribution in [2.45, 2.75) is 38.8 Å². The van der Waals surface area contributed by atoms with Gasteiger partial charge in [0.05, 0.1) is 19.1 Å². The van der Waals surface area contributed by atoms with E-state index in [2.05, 4.69) is 15.3 Å². The minimum absolute atomic E-state index is 0.00589. The Bertz CT molecular complexity index is 902. The molecule has 2 amide bonds. The number of esters is 1. The minimum Gasteiger partial charge on any atom is -0.467 e. The maximum atomic E-state index is 14.6. The number of hydrogen-bond donors (Lipinski definition) is 2. The standard InChI is InChI=1S/C20H24F2N4O3/c1-4-11(2)16(19(27)29-3)25-20(28)26-9-8-14-17(24-10-23-14)18(26)12-6-5-7-13(21)15(12)22/h5-7,10-11,16,18H,4,8-9H2,1-3H3,(H,23,24)(H,25,28)/t11-,16+,18-/m1/s1. The number of H-pyrrole nitrogens is 1. The first kappa shape index (κ1) is 20.8. The molecule has 0 fully saturated rings. The number of carbonyl (C=O) groups excluding carboxylic acids is 2. The van der Waals surface area contributed by atoms with E-state index in [1.54, 1.807) is 0 Å². The summed E-state index contributed by atoms with van der Waals surface area (Å²) in [7, 11) is 1.26. The van der Waals surface area contributed by atoms with Crippen molar-refractivity contribution in [3.05, 3.63) is 53.1 Å². The van der Waals surface area contributed by atoms with Gasteiger partial charge in [-0.3, -0.25) is 0 Å². The lowest BCUT2D eigenvalue weighted by atomic mass is 9.95.